The molecule has 0 saturated heterocycles. The van der Waals surface area contributed by atoms with Crippen molar-refractivity contribution in [3.05, 3.63) is 29.5 Å². The largest absolute Gasteiger partial charge is 0.494 e. The summed E-state index contributed by atoms with van der Waals surface area (Å²) in [5, 5.41) is 4.29. The lowest BCUT2D eigenvalue weighted by atomic mass is 9.48. The van der Waals surface area contributed by atoms with Crippen molar-refractivity contribution >= 4 is 16.9 Å². The zero-order chi connectivity index (χ0) is 19.5. The SMILES string of the molecule is CCOc1ccc2oc(C(=O)NC(C)C34CC5CC(CC(C5)C3)C4)c(C)c2c1. The monoisotopic (exact) mass is 381 g/mol. The van der Waals surface area contributed by atoms with Gasteiger partial charge in [0.15, 0.2) is 5.76 Å². The summed E-state index contributed by atoms with van der Waals surface area (Å²) in [5.41, 5.74) is 1.94. The van der Waals surface area contributed by atoms with Gasteiger partial charge in [0.25, 0.3) is 5.91 Å². The number of fused-ring (bicyclic) bond motifs is 1. The molecule has 1 heterocycles. The fourth-order valence-electron chi connectivity index (χ4n) is 6.80. The van der Waals surface area contributed by atoms with Gasteiger partial charge >= 0.3 is 0 Å². The van der Waals surface area contributed by atoms with Gasteiger partial charge < -0.3 is 14.5 Å². The van der Waals surface area contributed by atoms with E-state index in [1.165, 1.54) is 38.5 Å². The van der Waals surface area contributed by atoms with Crippen molar-refractivity contribution in [2.45, 2.75) is 65.3 Å². The van der Waals surface area contributed by atoms with Crippen LogP contribution in [0.2, 0.25) is 0 Å². The average molecular weight is 382 g/mol. The van der Waals surface area contributed by atoms with Crippen LogP contribution < -0.4 is 10.1 Å². The number of amides is 1. The minimum Gasteiger partial charge on any atom is -0.494 e. The maximum absolute atomic E-state index is 13.1. The second-order valence-corrected chi connectivity index (χ2v) is 9.62. The Balaban J connectivity index is 1.37. The highest BCUT2D eigenvalue weighted by molar-refractivity contribution is 5.99. The molecule has 4 bridgehead atoms. The third kappa shape index (κ3) is 2.84. The van der Waals surface area contributed by atoms with Gasteiger partial charge in [0.2, 0.25) is 0 Å². The summed E-state index contributed by atoms with van der Waals surface area (Å²) >= 11 is 0. The number of carbonyl (C=O) groups excluding carboxylic acids is 1. The first kappa shape index (κ1) is 18.1. The topological polar surface area (TPSA) is 51.5 Å². The van der Waals surface area contributed by atoms with E-state index < -0.39 is 0 Å². The predicted molar refractivity (Wildman–Crippen MR) is 110 cm³/mol. The van der Waals surface area contributed by atoms with Crippen LogP contribution in [0.4, 0.5) is 0 Å². The molecule has 6 rings (SSSR count). The fraction of sp³-hybridized carbons (Fsp3) is 0.625. The first-order chi connectivity index (χ1) is 13.5. The zero-order valence-electron chi connectivity index (χ0n) is 17.2. The van der Waals surface area contributed by atoms with Crippen LogP contribution in [-0.2, 0) is 0 Å². The van der Waals surface area contributed by atoms with Gasteiger partial charge in [0, 0.05) is 17.0 Å². The molecule has 4 heteroatoms. The second-order valence-electron chi connectivity index (χ2n) is 9.62. The molecule has 1 atom stereocenters. The summed E-state index contributed by atoms with van der Waals surface area (Å²) in [6, 6.07) is 5.96. The molecule has 150 valence electrons. The van der Waals surface area contributed by atoms with E-state index in [0.717, 1.165) is 40.0 Å². The van der Waals surface area contributed by atoms with Crippen molar-refractivity contribution in [2.75, 3.05) is 6.61 Å². The molecule has 2 aromatic rings. The summed E-state index contributed by atoms with van der Waals surface area (Å²) in [5.74, 6) is 3.84. The first-order valence-corrected chi connectivity index (χ1v) is 10.9. The van der Waals surface area contributed by atoms with E-state index in [-0.39, 0.29) is 11.9 Å². The Bertz CT molecular complexity index is 877. The molecule has 4 aliphatic rings. The van der Waals surface area contributed by atoms with E-state index in [1.54, 1.807) is 0 Å². The van der Waals surface area contributed by atoms with Crippen LogP contribution >= 0.6 is 0 Å². The number of hydrogen-bond acceptors (Lipinski definition) is 3. The predicted octanol–water partition coefficient (Wildman–Crippen LogP) is 5.47. The van der Waals surface area contributed by atoms with E-state index in [2.05, 4.69) is 12.2 Å². The Kier molecular flexibility index (Phi) is 4.22. The van der Waals surface area contributed by atoms with Crippen molar-refractivity contribution in [1.29, 1.82) is 0 Å². The molecule has 0 spiro atoms. The number of furan rings is 1. The Labute approximate surface area is 167 Å². The zero-order valence-corrected chi connectivity index (χ0v) is 17.2. The van der Waals surface area contributed by atoms with Gasteiger partial charge in [-0.1, -0.05) is 0 Å². The van der Waals surface area contributed by atoms with E-state index in [9.17, 15) is 4.79 Å². The molecule has 0 radical (unpaired) electrons. The van der Waals surface area contributed by atoms with Crippen molar-refractivity contribution in [2.24, 2.45) is 23.2 Å². The van der Waals surface area contributed by atoms with Crippen LogP contribution in [0, 0.1) is 30.1 Å². The number of ether oxygens (including phenoxy) is 1. The van der Waals surface area contributed by atoms with E-state index >= 15 is 0 Å². The maximum Gasteiger partial charge on any atom is 0.287 e. The molecule has 4 fully saturated rings. The standard InChI is InChI=1S/C24H31NO3/c1-4-27-19-5-6-21-20(10-19)14(2)22(28-21)23(26)25-15(3)24-11-16-7-17(12-24)9-18(8-16)13-24/h5-6,10,15-18H,4,7-9,11-13H2,1-3H3,(H,25,26). The Morgan fingerprint density at radius 2 is 1.86 bits per heavy atom. The molecule has 4 saturated carbocycles. The van der Waals surface area contributed by atoms with Crippen molar-refractivity contribution < 1.29 is 13.9 Å². The van der Waals surface area contributed by atoms with Crippen LogP contribution in [0.15, 0.2) is 22.6 Å². The molecular weight excluding hydrogens is 350 g/mol. The van der Waals surface area contributed by atoms with Crippen LogP contribution in [0.1, 0.15) is 68.5 Å². The first-order valence-electron chi connectivity index (χ1n) is 10.9. The molecule has 1 amide bonds. The molecular formula is C24H31NO3. The normalized spacial score (nSPS) is 31.9. The number of rotatable bonds is 5. The van der Waals surface area contributed by atoms with Crippen LogP contribution in [0.5, 0.6) is 5.75 Å². The lowest BCUT2D eigenvalue weighted by Gasteiger charge is -2.59. The highest BCUT2D eigenvalue weighted by Gasteiger charge is 2.53. The minimum atomic E-state index is -0.0742. The number of hydrogen-bond donors (Lipinski definition) is 1. The third-order valence-electron chi connectivity index (χ3n) is 7.78. The lowest BCUT2D eigenvalue weighted by molar-refractivity contribution is -0.0688. The Morgan fingerprint density at radius 3 is 2.46 bits per heavy atom. The maximum atomic E-state index is 13.1. The summed E-state index contributed by atoms with van der Waals surface area (Å²) in [6.07, 6.45) is 8.13. The lowest BCUT2D eigenvalue weighted by Crippen LogP contribution is -2.55. The van der Waals surface area contributed by atoms with E-state index in [1.807, 2.05) is 32.0 Å². The van der Waals surface area contributed by atoms with Crippen LogP contribution in [0.25, 0.3) is 11.0 Å². The van der Waals surface area contributed by atoms with Crippen molar-refractivity contribution in [3.8, 4) is 5.75 Å². The Morgan fingerprint density at radius 1 is 1.21 bits per heavy atom. The average Bonchev–Trinajstić information content (AvgIpc) is 2.97. The second kappa shape index (κ2) is 6.53. The number of nitrogens with one attached hydrogen (secondary N) is 1. The molecule has 1 aromatic heterocycles. The van der Waals surface area contributed by atoms with E-state index in [0.29, 0.717) is 17.8 Å². The molecule has 1 unspecified atom stereocenters. The fourth-order valence-corrected chi connectivity index (χ4v) is 6.80. The quantitative estimate of drug-likeness (QED) is 0.747. The highest BCUT2D eigenvalue weighted by Crippen LogP contribution is 2.61. The molecule has 4 aliphatic carbocycles. The van der Waals surface area contributed by atoms with Gasteiger partial charge in [0.05, 0.1) is 6.61 Å². The van der Waals surface area contributed by atoms with Gasteiger partial charge in [-0.3, -0.25) is 4.79 Å². The highest BCUT2D eigenvalue weighted by atomic mass is 16.5. The summed E-state index contributed by atoms with van der Waals surface area (Å²) in [4.78, 5) is 13.1. The van der Waals surface area contributed by atoms with Crippen LogP contribution in [-0.4, -0.2) is 18.6 Å². The van der Waals surface area contributed by atoms with Crippen molar-refractivity contribution in [1.82, 2.24) is 5.32 Å². The number of benzene rings is 1. The van der Waals surface area contributed by atoms with E-state index in [4.69, 9.17) is 9.15 Å². The van der Waals surface area contributed by atoms with Crippen molar-refractivity contribution in [3.63, 3.8) is 0 Å². The summed E-state index contributed by atoms with van der Waals surface area (Å²) in [7, 11) is 0. The molecule has 28 heavy (non-hydrogen) atoms. The van der Waals surface area contributed by atoms with Gasteiger partial charge in [-0.2, -0.15) is 0 Å². The van der Waals surface area contributed by atoms with Gasteiger partial charge in [0.1, 0.15) is 11.3 Å². The minimum absolute atomic E-state index is 0.0742. The Hall–Kier alpha value is -1.97. The van der Waals surface area contributed by atoms with Crippen LogP contribution in [0.3, 0.4) is 0 Å². The molecule has 1 aromatic carbocycles. The third-order valence-corrected chi connectivity index (χ3v) is 7.78. The number of aryl methyl sites for hydroxylation is 1. The van der Waals surface area contributed by atoms with Gasteiger partial charge in [-0.05, 0) is 101 Å². The molecule has 1 N–H and O–H groups in total. The summed E-state index contributed by atoms with van der Waals surface area (Å²) < 4.78 is 11.5. The van der Waals surface area contributed by atoms with Gasteiger partial charge in [-0.15, -0.1) is 0 Å². The molecule has 0 aliphatic heterocycles. The molecule has 4 nitrogen and oxygen atoms in total. The summed E-state index contributed by atoms with van der Waals surface area (Å²) in [6.45, 7) is 6.78. The number of carbonyl (C=O) groups is 1. The van der Waals surface area contributed by atoms with Gasteiger partial charge in [-0.25, -0.2) is 0 Å². The smallest absolute Gasteiger partial charge is 0.287 e.